The van der Waals surface area contributed by atoms with Crippen LogP contribution in [0.1, 0.15) is 0 Å². The minimum absolute atomic E-state index is 0.430. The van der Waals surface area contributed by atoms with Gasteiger partial charge >= 0.3 is 6.09 Å². The number of fused-ring (bicyclic) bond motifs is 1. The lowest BCUT2D eigenvalue weighted by molar-refractivity contribution is 0.174. The zero-order valence-electron chi connectivity index (χ0n) is 8.10. The maximum absolute atomic E-state index is 11.3. The van der Waals surface area contributed by atoms with Gasteiger partial charge in [-0.1, -0.05) is 6.07 Å². The molecule has 1 aromatic carbocycles. The molecular formula is C11H8N2O2. The lowest BCUT2D eigenvalue weighted by Crippen LogP contribution is -2.09. The van der Waals surface area contributed by atoms with Crippen molar-refractivity contribution in [3.63, 3.8) is 0 Å². The molecule has 15 heavy (non-hydrogen) atoms. The van der Waals surface area contributed by atoms with Crippen LogP contribution < -0.4 is 0 Å². The Kier molecular flexibility index (Phi) is 2.14. The van der Waals surface area contributed by atoms with Crippen molar-refractivity contribution in [2.24, 2.45) is 0 Å². The lowest BCUT2D eigenvalue weighted by atomic mass is 10.2. The maximum atomic E-state index is 11.3. The molecule has 1 heterocycles. The summed E-state index contributed by atoms with van der Waals surface area (Å²) in [6.45, 7) is 6.87. The number of carbonyl (C=O) groups excluding carboxylic acids is 1. The van der Waals surface area contributed by atoms with E-state index in [0.29, 0.717) is 5.69 Å². The van der Waals surface area contributed by atoms with E-state index in [1.807, 2.05) is 0 Å². The molecule has 1 aromatic heterocycles. The van der Waals surface area contributed by atoms with E-state index in [9.17, 15) is 4.79 Å². The highest BCUT2D eigenvalue weighted by Gasteiger charge is 2.08. The van der Waals surface area contributed by atoms with Crippen molar-refractivity contribution in [2.45, 2.75) is 0 Å². The first-order valence-electron chi connectivity index (χ1n) is 4.33. The molecule has 0 atom stereocenters. The van der Waals surface area contributed by atoms with E-state index in [1.54, 1.807) is 30.5 Å². The van der Waals surface area contributed by atoms with E-state index >= 15 is 0 Å². The minimum atomic E-state index is -0.430. The van der Waals surface area contributed by atoms with Crippen LogP contribution in [0.4, 0.5) is 10.5 Å². The van der Waals surface area contributed by atoms with Crippen LogP contribution >= 0.6 is 0 Å². The molecule has 0 aliphatic rings. The second-order valence-corrected chi connectivity index (χ2v) is 3.01. The Morgan fingerprint density at radius 2 is 2.27 bits per heavy atom. The first-order chi connectivity index (χ1) is 7.26. The number of carbonyl (C=O) groups is 1. The summed E-state index contributed by atoms with van der Waals surface area (Å²) in [5, 5.41) is 0.855. The number of rotatable bonds is 0. The molecule has 0 spiro atoms. The fourth-order valence-corrected chi connectivity index (χ4v) is 1.46. The summed E-state index contributed by atoms with van der Waals surface area (Å²) in [6, 6.07) is 6.93. The fraction of sp³-hybridized carbons (Fsp3) is 0.0909. The van der Waals surface area contributed by atoms with Crippen LogP contribution in [-0.4, -0.2) is 17.8 Å². The van der Waals surface area contributed by atoms with Crippen molar-refractivity contribution in [2.75, 3.05) is 7.11 Å². The largest absolute Gasteiger partial charge is 0.452 e. The van der Waals surface area contributed by atoms with Gasteiger partial charge in [0, 0.05) is 6.20 Å². The molecular weight excluding hydrogens is 192 g/mol. The molecule has 0 amide bonds. The Morgan fingerprint density at radius 3 is 2.93 bits per heavy atom. The molecule has 0 aliphatic carbocycles. The van der Waals surface area contributed by atoms with Gasteiger partial charge in [-0.2, -0.15) is 0 Å². The van der Waals surface area contributed by atoms with Crippen LogP contribution in [0.2, 0.25) is 0 Å². The van der Waals surface area contributed by atoms with Crippen molar-refractivity contribution in [1.82, 2.24) is 4.57 Å². The SMILES string of the molecule is [C-]#[N+]c1ccc2c(ccn2C(=O)OC)c1. The van der Waals surface area contributed by atoms with Crippen molar-refractivity contribution in [3.05, 3.63) is 41.9 Å². The average Bonchev–Trinajstić information content (AvgIpc) is 2.70. The van der Waals surface area contributed by atoms with Crippen LogP contribution in [0, 0.1) is 6.57 Å². The van der Waals surface area contributed by atoms with Gasteiger partial charge in [0.15, 0.2) is 5.69 Å². The molecule has 2 aromatic rings. The van der Waals surface area contributed by atoms with Gasteiger partial charge in [0.25, 0.3) is 0 Å². The molecule has 0 radical (unpaired) electrons. The number of hydrogen-bond donors (Lipinski definition) is 0. The number of hydrogen-bond acceptors (Lipinski definition) is 2. The van der Waals surface area contributed by atoms with Crippen molar-refractivity contribution in [3.8, 4) is 0 Å². The van der Waals surface area contributed by atoms with E-state index in [-0.39, 0.29) is 0 Å². The number of aromatic nitrogens is 1. The van der Waals surface area contributed by atoms with E-state index in [4.69, 9.17) is 6.57 Å². The van der Waals surface area contributed by atoms with Gasteiger partial charge in [-0.3, -0.25) is 4.57 Å². The van der Waals surface area contributed by atoms with Gasteiger partial charge < -0.3 is 4.74 Å². The van der Waals surface area contributed by atoms with E-state index < -0.39 is 6.09 Å². The van der Waals surface area contributed by atoms with Gasteiger partial charge in [0.2, 0.25) is 0 Å². The fourth-order valence-electron chi connectivity index (χ4n) is 1.46. The topological polar surface area (TPSA) is 35.6 Å². The molecule has 0 saturated heterocycles. The summed E-state index contributed by atoms with van der Waals surface area (Å²) in [7, 11) is 1.33. The van der Waals surface area contributed by atoms with Crippen LogP contribution in [0.15, 0.2) is 30.5 Å². The molecule has 0 fully saturated rings. The Balaban J connectivity index is 2.63. The molecule has 74 valence electrons. The highest BCUT2D eigenvalue weighted by molar-refractivity contribution is 5.91. The van der Waals surface area contributed by atoms with E-state index in [1.165, 1.54) is 11.7 Å². The second-order valence-electron chi connectivity index (χ2n) is 3.01. The monoisotopic (exact) mass is 200 g/mol. The van der Waals surface area contributed by atoms with Crippen LogP contribution in [0.5, 0.6) is 0 Å². The zero-order valence-corrected chi connectivity index (χ0v) is 8.10. The number of ether oxygens (including phenoxy) is 1. The van der Waals surface area contributed by atoms with Crippen LogP contribution in [-0.2, 0) is 4.74 Å². The third-order valence-electron chi connectivity index (χ3n) is 2.17. The predicted octanol–water partition coefficient (Wildman–Crippen LogP) is 2.81. The molecule has 4 heteroatoms. The Morgan fingerprint density at radius 1 is 1.47 bits per heavy atom. The highest BCUT2D eigenvalue weighted by Crippen LogP contribution is 2.22. The molecule has 0 N–H and O–H groups in total. The van der Waals surface area contributed by atoms with E-state index in [2.05, 4.69) is 9.58 Å². The summed E-state index contributed by atoms with van der Waals surface area (Å²) in [5.74, 6) is 0. The second kappa shape index (κ2) is 3.46. The number of benzene rings is 1. The molecule has 0 unspecified atom stereocenters. The minimum Gasteiger partial charge on any atom is -0.452 e. The predicted molar refractivity (Wildman–Crippen MR) is 56.0 cm³/mol. The average molecular weight is 200 g/mol. The number of methoxy groups -OCH3 is 1. The smallest absolute Gasteiger partial charge is 0.418 e. The third kappa shape index (κ3) is 1.44. The summed E-state index contributed by atoms with van der Waals surface area (Å²) >= 11 is 0. The summed E-state index contributed by atoms with van der Waals surface area (Å²) < 4.78 is 6.03. The lowest BCUT2D eigenvalue weighted by Gasteiger charge is -2.01. The molecule has 2 rings (SSSR count). The van der Waals surface area contributed by atoms with Crippen molar-refractivity contribution < 1.29 is 9.53 Å². The molecule has 4 nitrogen and oxygen atoms in total. The Labute approximate surface area is 86.5 Å². The third-order valence-corrected chi connectivity index (χ3v) is 2.17. The van der Waals surface area contributed by atoms with Crippen LogP contribution in [0.3, 0.4) is 0 Å². The van der Waals surface area contributed by atoms with Gasteiger partial charge in [-0.05, 0) is 23.6 Å². The number of nitrogens with zero attached hydrogens (tertiary/aromatic N) is 2. The van der Waals surface area contributed by atoms with Crippen LogP contribution in [0.25, 0.3) is 15.7 Å². The first-order valence-corrected chi connectivity index (χ1v) is 4.33. The summed E-state index contributed by atoms with van der Waals surface area (Å²) in [6.07, 6.45) is 1.20. The van der Waals surface area contributed by atoms with Gasteiger partial charge in [0.1, 0.15) is 0 Å². The molecule has 0 aliphatic heterocycles. The summed E-state index contributed by atoms with van der Waals surface area (Å²) in [5.41, 5.74) is 1.30. The Hall–Kier alpha value is -2.28. The van der Waals surface area contributed by atoms with Crippen molar-refractivity contribution in [1.29, 1.82) is 0 Å². The van der Waals surface area contributed by atoms with Gasteiger partial charge in [-0.15, -0.1) is 0 Å². The quantitative estimate of drug-likeness (QED) is 0.613. The van der Waals surface area contributed by atoms with Gasteiger partial charge in [0.05, 0.1) is 19.2 Å². The van der Waals surface area contributed by atoms with E-state index in [0.717, 1.165) is 10.9 Å². The Bertz CT molecular complexity index is 563. The molecule has 0 saturated carbocycles. The standard InChI is InChI=1S/C11H8N2O2/c1-12-9-3-4-10-8(7-9)5-6-13(10)11(14)15-2/h3-7H,2H3. The normalized spacial score (nSPS) is 9.87. The highest BCUT2D eigenvalue weighted by atomic mass is 16.5. The first kappa shape index (κ1) is 9.28. The van der Waals surface area contributed by atoms with Crippen molar-refractivity contribution >= 4 is 22.7 Å². The maximum Gasteiger partial charge on any atom is 0.418 e. The molecule has 0 bridgehead atoms. The van der Waals surface area contributed by atoms with Gasteiger partial charge in [-0.25, -0.2) is 9.64 Å². The summed E-state index contributed by atoms with van der Waals surface area (Å²) in [4.78, 5) is 14.6. The zero-order chi connectivity index (χ0) is 10.8.